The standard InChI is InChI=1S/C36H34N4O7/c41-21-30-31(42)32(43)35(47-30)40-28-14-7-6-13-27(28)38-36(40)37-20-22-15-16-24(23-9-2-1-3-10-23)29(19-22)46-18-8-17-39-33(44)25-11-4-5-12-26(25)34(39)45/h1-7,9-16,19,30-32,35,41-43H,8,17-18,20-21H2,(H,37,38)/t30-,31-,32-,35-/m1/s1. The highest BCUT2D eigenvalue weighted by molar-refractivity contribution is 6.21. The maximum absolute atomic E-state index is 12.8. The Bertz CT molecular complexity index is 1890. The lowest BCUT2D eigenvalue weighted by Gasteiger charge is -2.20. The first-order chi connectivity index (χ1) is 22.9. The van der Waals surface area contributed by atoms with E-state index in [1.54, 1.807) is 28.8 Å². The first kappa shape index (κ1) is 30.6. The Balaban J connectivity index is 1.09. The molecule has 1 aromatic heterocycles. The van der Waals surface area contributed by atoms with Crippen molar-refractivity contribution in [3.8, 4) is 16.9 Å². The van der Waals surface area contributed by atoms with Crippen molar-refractivity contribution in [2.24, 2.45) is 0 Å². The zero-order valence-electron chi connectivity index (χ0n) is 25.4. The number of benzene rings is 4. The lowest BCUT2D eigenvalue weighted by Crippen LogP contribution is -2.33. The zero-order valence-corrected chi connectivity index (χ0v) is 25.4. The molecule has 47 heavy (non-hydrogen) atoms. The number of imide groups is 1. The fourth-order valence-electron chi connectivity index (χ4n) is 6.20. The summed E-state index contributed by atoms with van der Waals surface area (Å²) < 4.78 is 13.8. The maximum Gasteiger partial charge on any atom is 0.261 e. The normalized spacial score (nSPS) is 20.6. The molecule has 4 aromatic carbocycles. The number of nitrogens with zero attached hydrogens (tertiary/aromatic N) is 3. The fraction of sp³-hybridized carbons (Fsp3) is 0.250. The molecule has 0 bridgehead atoms. The number of imidazole rings is 1. The number of ether oxygens (including phenoxy) is 2. The third-order valence-electron chi connectivity index (χ3n) is 8.61. The maximum atomic E-state index is 12.8. The number of aliphatic hydroxyl groups excluding tert-OH is 3. The van der Waals surface area contributed by atoms with E-state index >= 15 is 0 Å². The van der Waals surface area contributed by atoms with E-state index in [2.05, 4.69) is 5.32 Å². The number of fused-ring (bicyclic) bond motifs is 2. The molecule has 4 atom stereocenters. The molecule has 5 aromatic rings. The van der Waals surface area contributed by atoms with E-state index in [0.717, 1.165) is 16.7 Å². The Labute approximate surface area is 270 Å². The molecule has 1 saturated heterocycles. The molecule has 4 N–H and O–H groups in total. The second-order valence-corrected chi connectivity index (χ2v) is 11.6. The van der Waals surface area contributed by atoms with Crippen LogP contribution < -0.4 is 10.1 Å². The third kappa shape index (κ3) is 5.74. The van der Waals surface area contributed by atoms with Crippen LogP contribution in [-0.2, 0) is 11.3 Å². The van der Waals surface area contributed by atoms with Crippen molar-refractivity contribution in [2.75, 3.05) is 25.1 Å². The summed E-state index contributed by atoms with van der Waals surface area (Å²) in [7, 11) is 0. The predicted molar refractivity (Wildman–Crippen MR) is 174 cm³/mol. The van der Waals surface area contributed by atoms with Gasteiger partial charge in [-0.05, 0) is 47.9 Å². The molecule has 2 aliphatic rings. The number of para-hydroxylation sites is 2. The topological polar surface area (TPSA) is 146 Å². The van der Waals surface area contributed by atoms with E-state index in [-0.39, 0.29) is 25.0 Å². The molecule has 1 fully saturated rings. The van der Waals surface area contributed by atoms with Crippen molar-refractivity contribution in [1.82, 2.24) is 14.5 Å². The van der Waals surface area contributed by atoms with Gasteiger partial charge in [0.25, 0.3) is 11.8 Å². The first-order valence-corrected chi connectivity index (χ1v) is 15.5. The predicted octanol–water partition coefficient (Wildman–Crippen LogP) is 3.99. The van der Waals surface area contributed by atoms with Gasteiger partial charge < -0.3 is 30.1 Å². The van der Waals surface area contributed by atoms with Gasteiger partial charge in [-0.1, -0.05) is 66.7 Å². The van der Waals surface area contributed by atoms with Gasteiger partial charge in [0.1, 0.15) is 24.1 Å². The number of amides is 2. The summed E-state index contributed by atoms with van der Waals surface area (Å²) in [6.45, 7) is 0.439. The van der Waals surface area contributed by atoms with Crippen LogP contribution in [0.1, 0.15) is 38.9 Å². The number of carbonyl (C=O) groups excluding carboxylic acids is 2. The molecule has 240 valence electrons. The van der Waals surface area contributed by atoms with Crippen molar-refractivity contribution < 1.29 is 34.4 Å². The van der Waals surface area contributed by atoms with E-state index < -0.39 is 31.1 Å². The molecule has 0 unspecified atom stereocenters. The van der Waals surface area contributed by atoms with Crippen LogP contribution in [0, 0.1) is 0 Å². The van der Waals surface area contributed by atoms with Crippen LogP contribution in [0.15, 0.2) is 97.1 Å². The molecule has 11 heteroatoms. The smallest absolute Gasteiger partial charge is 0.261 e. The van der Waals surface area contributed by atoms with Crippen LogP contribution in [0.2, 0.25) is 0 Å². The largest absolute Gasteiger partial charge is 0.493 e. The Morgan fingerprint density at radius 2 is 1.53 bits per heavy atom. The molecule has 2 aliphatic heterocycles. The summed E-state index contributed by atoms with van der Waals surface area (Å²) in [5, 5.41) is 34.2. The van der Waals surface area contributed by atoms with Gasteiger partial charge >= 0.3 is 0 Å². The minimum Gasteiger partial charge on any atom is -0.493 e. The van der Waals surface area contributed by atoms with Crippen LogP contribution >= 0.6 is 0 Å². The highest BCUT2D eigenvalue weighted by atomic mass is 16.6. The summed E-state index contributed by atoms with van der Waals surface area (Å²) >= 11 is 0. The van der Waals surface area contributed by atoms with Crippen LogP contribution in [0.5, 0.6) is 5.75 Å². The van der Waals surface area contributed by atoms with E-state index in [1.165, 1.54) is 4.90 Å². The van der Waals surface area contributed by atoms with Gasteiger partial charge in [-0.2, -0.15) is 0 Å². The minimum absolute atomic E-state index is 0.241. The second-order valence-electron chi connectivity index (χ2n) is 11.6. The highest BCUT2D eigenvalue weighted by Crippen LogP contribution is 2.36. The van der Waals surface area contributed by atoms with Crippen molar-refractivity contribution in [2.45, 2.75) is 37.5 Å². The molecule has 11 nitrogen and oxygen atoms in total. The van der Waals surface area contributed by atoms with Gasteiger partial charge in [-0.3, -0.25) is 19.1 Å². The lowest BCUT2D eigenvalue weighted by atomic mass is 10.0. The van der Waals surface area contributed by atoms with Crippen molar-refractivity contribution in [1.29, 1.82) is 0 Å². The summed E-state index contributed by atoms with van der Waals surface area (Å²) in [6.07, 6.45) is -3.95. The van der Waals surface area contributed by atoms with Gasteiger partial charge in [0.15, 0.2) is 6.23 Å². The summed E-state index contributed by atoms with van der Waals surface area (Å²) in [5.74, 6) is 0.504. The quantitative estimate of drug-likeness (QED) is 0.125. The number of anilines is 1. The van der Waals surface area contributed by atoms with Gasteiger partial charge in [-0.25, -0.2) is 4.98 Å². The van der Waals surface area contributed by atoms with Crippen molar-refractivity contribution in [3.05, 3.63) is 114 Å². The molecule has 2 amide bonds. The minimum atomic E-state index is -1.27. The van der Waals surface area contributed by atoms with Gasteiger partial charge in [0.2, 0.25) is 5.95 Å². The Morgan fingerprint density at radius 1 is 0.830 bits per heavy atom. The van der Waals surface area contributed by atoms with Crippen molar-refractivity contribution in [3.63, 3.8) is 0 Å². The van der Waals surface area contributed by atoms with E-state index in [9.17, 15) is 24.9 Å². The molecular weight excluding hydrogens is 600 g/mol. The van der Waals surface area contributed by atoms with Crippen molar-refractivity contribution >= 4 is 28.8 Å². The molecule has 0 radical (unpaired) electrons. The SMILES string of the molecule is O=C1c2ccccc2C(=O)N1CCCOc1cc(CNc2nc3ccccc3n2[C@@H]2O[C@H](CO)[C@@H](O)[C@H]2O)ccc1-c1ccccc1. The Hall–Kier alpha value is -5.07. The Morgan fingerprint density at radius 3 is 2.26 bits per heavy atom. The number of hydrogen-bond donors (Lipinski definition) is 4. The number of rotatable bonds is 11. The van der Waals surface area contributed by atoms with Crippen LogP contribution in [-0.4, -0.2) is 79.7 Å². The molecular formula is C36H34N4O7. The number of aromatic nitrogens is 2. The average molecular weight is 635 g/mol. The van der Waals surface area contributed by atoms with Crippen LogP contribution in [0.3, 0.4) is 0 Å². The number of hydrogen-bond acceptors (Lipinski definition) is 9. The molecule has 3 heterocycles. The van der Waals surface area contributed by atoms with E-state index in [1.807, 2.05) is 72.8 Å². The molecule has 7 rings (SSSR count). The summed E-state index contributed by atoms with van der Waals surface area (Å²) in [6, 6.07) is 30.0. The summed E-state index contributed by atoms with van der Waals surface area (Å²) in [5.41, 5.74) is 5.00. The fourth-order valence-corrected chi connectivity index (χ4v) is 6.20. The number of aliphatic hydroxyl groups is 3. The van der Waals surface area contributed by atoms with E-state index in [0.29, 0.717) is 46.8 Å². The lowest BCUT2D eigenvalue weighted by molar-refractivity contribution is -0.0499. The molecule has 0 aliphatic carbocycles. The van der Waals surface area contributed by atoms with E-state index in [4.69, 9.17) is 14.5 Å². The molecule has 0 spiro atoms. The van der Waals surface area contributed by atoms with Crippen LogP contribution in [0.25, 0.3) is 22.2 Å². The average Bonchev–Trinajstić information content (AvgIpc) is 3.70. The van der Waals surface area contributed by atoms with Crippen LogP contribution in [0.4, 0.5) is 5.95 Å². The first-order valence-electron chi connectivity index (χ1n) is 15.5. The second kappa shape index (κ2) is 13.0. The summed E-state index contributed by atoms with van der Waals surface area (Å²) in [4.78, 5) is 31.6. The third-order valence-corrected chi connectivity index (χ3v) is 8.61. The van der Waals surface area contributed by atoms with Gasteiger partial charge in [-0.15, -0.1) is 0 Å². The monoisotopic (exact) mass is 634 g/mol. The highest BCUT2D eigenvalue weighted by Gasteiger charge is 2.44. The zero-order chi connectivity index (χ0) is 32.5. The molecule has 0 saturated carbocycles. The number of nitrogens with one attached hydrogen (secondary N) is 1. The van der Waals surface area contributed by atoms with Gasteiger partial charge in [0.05, 0.1) is 35.4 Å². The van der Waals surface area contributed by atoms with Gasteiger partial charge in [0, 0.05) is 18.7 Å². The Kier molecular flexibility index (Phi) is 8.44. The number of carbonyl (C=O) groups is 2.